The quantitative estimate of drug-likeness (QED) is 0.599. The van der Waals surface area contributed by atoms with Crippen molar-refractivity contribution >= 4 is 5.71 Å². The molecular formula is C20H29F3N2O. The van der Waals surface area contributed by atoms with Gasteiger partial charge in [0.25, 0.3) is 0 Å². The highest BCUT2D eigenvalue weighted by Gasteiger charge is 2.40. The van der Waals surface area contributed by atoms with Gasteiger partial charge in [0.05, 0.1) is 11.2 Å². The summed E-state index contributed by atoms with van der Waals surface area (Å²) < 4.78 is 39.4. The fourth-order valence-corrected chi connectivity index (χ4v) is 3.86. The second kappa shape index (κ2) is 8.53. The number of aliphatic hydroxyl groups is 1. The molecule has 3 N–H and O–H groups in total. The van der Waals surface area contributed by atoms with Crippen molar-refractivity contribution in [3.63, 3.8) is 0 Å². The lowest BCUT2D eigenvalue weighted by Gasteiger charge is -2.40. The molecule has 1 saturated carbocycles. The zero-order valence-corrected chi connectivity index (χ0v) is 15.5. The van der Waals surface area contributed by atoms with Gasteiger partial charge in [-0.2, -0.15) is 13.2 Å². The molecule has 146 valence electrons. The first-order chi connectivity index (χ1) is 12.2. The molecular weight excluding hydrogens is 341 g/mol. The smallest absolute Gasteiger partial charge is 0.389 e. The summed E-state index contributed by atoms with van der Waals surface area (Å²) in [5, 5.41) is 22.6. The zero-order valence-electron chi connectivity index (χ0n) is 15.5. The fourth-order valence-electron chi connectivity index (χ4n) is 3.86. The van der Waals surface area contributed by atoms with E-state index in [1.54, 1.807) is 6.07 Å². The Bertz CT molecular complexity index is 609. The highest BCUT2D eigenvalue weighted by Crippen LogP contribution is 2.43. The molecule has 0 amide bonds. The Morgan fingerprint density at radius 3 is 2.46 bits per heavy atom. The van der Waals surface area contributed by atoms with E-state index < -0.39 is 23.3 Å². The first kappa shape index (κ1) is 20.9. The zero-order chi connectivity index (χ0) is 19.4. The van der Waals surface area contributed by atoms with Crippen LogP contribution in [0, 0.1) is 5.41 Å². The Labute approximate surface area is 153 Å². The predicted octanol–water partition coefficient (Wildman–Crippen LogP) is 4.89. The number of benzene rings is 1. The van der Waals surface area contributed by atoms with Gasteiger partial charge in [-0.25, -0.2) is 0 Å². The number of hydrogen-bond donors (Lipinski definition) is 3. The monoisotopic (exact) mass is 370 g/mol. The third kappa shape index (κ3) is 5.30. The Morgan fingerprint density at radius 1 is 1.23 bits per heavy atom. The molecule has 0 aliphatic heterocycles. The van der Waals surface area contributed by atoms with E-state index in [4.69, 9.17) is 5.41 Å². The van der Waals surface area contributed by atoms with Gasteiger partial charge in [-0.15, -0.1) is 0 Å². The Kier molecular flexibility index (Phi) is 6.86. The number of halogens is 3. The number of hydrogen-bond acceptors (Lipinski definition) is 3. The van der Waals surface area contributed by atoms with Crippen molar-refractivity contribution in [2.45, 2.75) is 75.6 Å². The summed E-state index contributed by atoms with van der Waals surface area (Å²) in [6.45, 7) is 1.96. The minimum absolute atomic E-state index is 0.116. The van der Waals surface area contributed by atoms with E-state index in [9.17, 15) is 18.3 Å². The first-order valence-electron chi connectivity index (χ1n) is 9.29. The van der Waals surface area contributed by atoms with Gasteiger partial charge in [0.1, 0.15) is 0 Å². The van der Waals surface area contributed by atoms with Crippen molar-refractivity contribution in [3.8, 4) is 0 Å². The predicted molar refractivity (Wildman–Crippen MR) is 97.7 cm³/mol. The summed E-state index contributed by atoms with van der Waals surface area (Å²) in [4.78, 5) is 0. The average Bonchev–Trinajstić information content (AvgIpc) is 2.59. The van der Waals surface area contributed by atoms with Crippen LogP contribution in [0.25, 0.3) is 0 Å². The third-order valence-corrected chi connectivity index (χ3v) is 5.48. The van der Waals surface area contributed by atoms with Crippen LogP contribution >= 0.6 is 0 Å². The van der Waals surface area contributed by atoms with Gasteiger partial charge in [-0.05, 0) is 44.9 Å². The maximum Gasteiger partial charge on any atom is 0.416 e. The molecule has 0 heterocycles. The van der Waals surface area contributed by atoms with Crippen LogP contribution in [0.5, 0.6) is 0 Å². The highest BCUT2D eigenvalue weighted by atomic mass is 19.4. The largest absolute Gasteiger partial charge is 0.416 e. The van der Waals surface area contributed by atoms with Crippen molar-refractivity contribution in [2.75, 3.05) is 7.05 Å². The summed E-state index contributed by atoms with van der Waals surface area (Å²) in [6.07, 6.45) is 0.297. The van der Waals surface area contributed by atoms with Crippen LogP contribution in [0.1, 0.15) is 68.9 Å². The summed E-state index contributed by atoms with van der Waals surface area (Å²) in [6, 6.07) is 5.37. The average molecular weight is 370 g/mol. The molecule has 0 spiro atoms. The molecule has 2 rings (SSSR count). The molecule has 26 heavy (non-hydrogen) atoms. The molecule has 0 bridgehead atoms. The van der Waals surface area contributed by atoms with E-state index in [0.717, 1.165) is 31.4 Å². The molecule has 6 heteroatoms. The molecule has 2 atom stereocenters. The lowest BCUT2D eigenvalue weighted by atomic mass is 9.70. The maximum atomic E-state index is 13.1. The van der Waals surface area contributed by atoms with E-state index in [2.05, 4.69) is 5.32 Å². The van der Waals surface area contributed by atoms with E-state index in [1.807, 2.05) is 14.0 Å². The van der Waals surface area contributed by atoms with Gasteiger partial charge < -0.3 is 15.8 Å². The summed E-state index contributed by atoms with van der Waals surface area (Å²) in [5.74, 6) is -0.485. The summed E-state index contributed by atoms with van der Waals surface area (Å²) in [7, 11) is 1.82. The van der Waals surface area contributed by atoms with Crippen molar-refractivity contribution in [1.82, 2.24) is 5.32 Å². The molecule has 1 aliphatic carbocycles. The molecule has 0 aromatic heterocycles. The van der Waals surface area contributed by atoms with Crippen LogP contribution in [0.4, 0.5) is 13.2 Å². The van der Waals surface area contributed by atoms with Gasteiger partial charge in [-0.3, -0.25) is 0 Å². The Balaban J connectivity index is 2.33. The second-order valence-electron chi connectivity index (χ2n) is 7.54. The van der Waals surface area contributed by atoms with E-state index in [-0.39, 0.29) is 12.5 Å². The summed E-state index contributed by atoms with van der Waals surface area (Å²) >= 11 is 0. The molecule has 1 aromatic rings. The van der Waals surface area contributed by atoms with Crippen molar-refractivity contribution in [1.29, 1.82) is 5.41 Å². The van der Waals surface area contributed by atoms with E-state index >= 15 is 0 Å². The third-order valence-electron chi connectivity index (χ3n) is 5.48. The number of rotatable bonds is 7. The van der Waals surface area contributed by atoms with Gasteiger partial charge in [-0.1, -0.05) is 37.5 Å². The van der Waals surface area contributed by atoms with Crippen LogP contribution in [-0.2, 0) is 6.18 Å². The lowest BCUT2D eigenvalue weighted by molar-refractivity contribution is -0.137. The topological polar surface area (TPSA) is 56.1 Å². The number of nitrogens with one attached hydrogen (secondary N) is 2. The van der Waals surface area contributed by atoms with Gasteiger partial charge in [0.15, 0.2) is 0 Å². The standard InChI is InChI=1S/C20H29F3N2O/c1-14(25-2)11-17(24)13-18(19(26)9-4-3-5-10-19)15-7-6-8-16(12-15)20(21,22)23/h6-8,12,14,18,24-26H,3-5,9-11,13H2,1-2H3/t14-,18?/m1/s1. The summed E-state index contributed by atoms with van der Waals surface area (Å²) in [5.41, 5.74) is -0.814. The van der Waals surface area contributed by atoms with E-state index in [0.29, 0.717) is 30.5 Å². The van der Waals surface area contributed by atoms with Gasteiger partial charge in [0.2, 0.25) is 0 Å². The first-order valence-corrected chi connectivity index (χ1v) is 9.29. The Hall–Kier alpha value is -1.40. The van der Waals surface area contributed by atoms with Crippen molar-refractivity contribution < 1.29 is 18.3 Å². The molecule has 1 fully saturated rings. The van der Waals surface area contributed by atoms with Crippen LogP contribution in [0.2, 0.25) is 0 Å². The van der Waals surface area contributed by atoms with Crippen molar-refractivity contribution in [2.24, 2.45) is 0 Å². The minimum Gasteiger partial charge on any atom is -0.389 e. The van der Waals surface area contributed by atoms with Crippen LogP contribution < -0.4 is 5.32 Å². The normalized spacial score (nSPS) is 19.8. The van der Waals surface area contributed by atoms with Gasteiger partial charge in [0, 0.05) is 24.1 Å². The van der Waals surface area contributed by atoms with Crippen LogP contribution in [0.15, 0.2) is 24.3 Å². The van der Waals surface area contributed by atoms with E-state index in [1.165, 1.54) is 6.07 Å². The SMILES string of the molecule is CN[C@H](C)CC(=N)CC(c1cccc(C(F)(F)F)c1)C1(O)CCCCC1. The van der Waals surface area contributed by atoms with Crippen molar-refractivity contribution in [3.05, 3.63) is 35.4 Å². The fraction of sp³-hybridized carbons (Fsp3) is 0.650. The highest BCUT2D eigenvalue weighted by molar-refractivity contribution is 5.83. The maximum absolute atomic E-state index is 13.1. The number of alkyl halides is 3. The molecule has 1 aromatic carbocycles. The molecule has 1 unspecified atom stereocenters. The minimum atomic E-state index is -4.41. The van der Waals surface area contributed by atoms with Crippen LogP contribution in [0.3, 0.4) is 0 Å². The molecule has 1 aliphatic rings. The molecule has 0 radical (unpaired) electrons. The second-order valence-corrected chi connectivity index (χ2v) is 7.54. The molecule has 0 saturated heterocycles. The Morgan fingerprint density at radius 2 is 1.88 bits per heavy atom. The van der Waals surface area contributed by atoms with Gasteiger partial charge >= 0.3 is 6.18 Å². The molecule has 3 nitrogen and oxygen atoms in total. The van der Waals surface area contributed by atoms with Crippen LogP contribution in [-0.4, -0.2) is 29.5 Å². The lowest BCUT2D eigenvalue weighted by Crippen LogP contribution is -2.40.